The molecular formula is C34H46N4O7. The van der Waals surface area contributed by atoms with E-state index in [1.54, 1.807) is 24.3 Å². The van der Waals surface area contributed by atoms with Gasteiger partial charge in [0.25, 0.3) is 0 Å². The van der Waals surface area contributed by atoms with E-state index in [9.17, 15) is 19.2 Å². The van der Waals surface area contributed by atoms with Crippen molar-refractivity contribution in [2.75, 3.05) is 7.11 Å². The Morgan fingerprint density at radius 1 is 1.18 bits per heavy atom. The highest BCUT2D eigenvalue weighted by atomic mass is 16.6. The van der Waals surface area contributed by atoms with Crippen molar-refractivity contribution >= 4 is 23.9 Å². The van der Waals surface area contributed by atoms with Crippen molar-refractivity contribution in [3.8, 4) is 0 Å². The lowest BCUT2D eigenvalue weighted by atomic mass is 9.86. The van der Waals surface area contributed by atoms with Crippen LogP contribution in [0.4, 0.5) is 4.79 Å². The number of hydrogen-bond donors (Lipinski definition) is 2. The number of amides is 2. The second kappa shape index (κ2) is 18.2. The summed E-state index contributed by atoms with van der Waals surface area (Å²) in [5.74, 6) is -1.05. The molecule has 2 amide bonds. The molecule has 0 spiro atoms. The lowest BCUT2D eigenvalue weighted by Gasteiger charge is -2.29. The summed E-state index contributed by atoms with van der Waals surface area (Å²) in [5, 5.41) is 5.51. The van der Waals surface area contributed by atoms with E-state index in [1.807, 2.05) is 65.8 Å². The fourth-order valence-electron chi connectivity index (χ4n) is 4.33. The molecule has 0 saturated heterocycles. The molecule has 244 valence electrons. The van der Waals surface area contributed by atoms with Crippen LogP contribution in [-0.4, -0.2) is 58.8 Å². The number of esters is 1. The van der Waals surface area contributed by atoms with Crippen LogP contribution in [0.15, 0.2) is 90.9 Å². The van der Waals surface area contributed by atoms with E-state index in [1.165, 1.54) is 42.7 Å². The third-order valence-corrected chi connectivity index (χ3v) is 6.82. The van der Waals surface area contributed by atoms with Gasteiger partial charge in [-0.25, -0.2) is 19.1 Å². The molecule has 0 saturated carbocycles. The first-order chi connectivity index (χ1) is 21.3. The van der Waals surface area contributed by atoms with Gasteiger partial charge >= 0.3 is 12.1 Å². The predicted molar refractivity (Wildman–Crippen MR) is 171 cm³/mol. The number of methoxy groups -OCH3 is 1. The molecule has 4 atom stereocenters. The fourth-order valence-corrected chi connectivity index (χ4v) is 4.33. The van der Waals surface area contributed by atoms with Gasteiger partial charge in [0.05, 0.1) is 7.11 Å². The van der Waals surface area contributed by atoms with E-state index < -0.39 is 35.5 Å². The van der Waals surface area contributed by atoms with Crippen molar-refractivity contribution in [1.29, 1.82) is 0 Å². The molecule has 45 heavy (non-hydrogen) atoms. The van der Waals surface area contributed by atoms with Gasteiger partial charge in [-0.3, -0.25) is 9.59 Å². The van der Waals surface area contributed by atoms with Crippen LogP contribution in [0.5, 0.6) is 0 Å². The molecule has 1 aromatic heterocycles. The molecular weight excluding hydrogens is 576 g/mol. The van der Waals surface area contributed by atoms with E-state index in [-0.39, 0.29) is 23.7 Å². The summed E-state index contributed by atoms with van der Waals surface area (Å²) in [4.78, 5) is 53.7. The molecule has 4 unspecified atom stereocenters. The Hall–Kier alpha value is -4.67. The number of imidazole rings is 1. The highest BCUT2D eigenvalue weighted by Gasteiger charge is 2.32. The summed E-state index contributed by atoms with van der Waals surface area (Å²) < 4.78 is 17.2. The molecule has 0 fully saturated rings. The second-order valence-corrected chi connectivity index (χ2v) is 11.7. The van der Waals surface area contributed by atoms with Crippen LogP contribution >= 0.6 is 0 Å². The summed E-state index contributed by atoms with van der Waals surface area (Å²) in [6.45, 7) is 11.3. The van der Waals surface area contributed by atoms with E-state index in [0.29, 0.717) is 19.3 Å². The number of allylic oxidation sites excluding steroid dienone is 5. The third-order valence-electron chi connectivity index (χ3n) is 6.82. The van der Waals surface area contributed by atoms with Crippen LogP contribution < -0.4 is 10.6 Å². The zero-order chi connectivity index (χ0) is 33.4. The lowest BCUT2D eigenvalue weighted by Crippen LogP contribution is -2.52. The van der Waals surface area contributed by atoms with Crippen LogP contribution in [0.2, 0.25) is 0 Å². The first-order valence-electron chi connectivity index (χ1n) is 14.9. The van der Waals surface area contributed by atoms with Crippen molar-refractivity contribution in [3.63, 3.8) is 0 Å². The Labute approximate surface area is 265 Å². The van der Waals surface area contributed by atoms with E-state index in [2.05, 4.69) is 15.6 Å². The van der Waals surface area contributed by atoms with Crippen LogP contribution in [0, 0.1) is 11.3 Å². The number of nitrogens with one attached hydrogen (secondary N) is 2. The summed E-state index contributed by atoms with van der Waals surface area (Å²) in [5.41, 5.74) is 0.372. The number of carbonyl (C=O) groups excluding carboxylic acids is 4. The highest BCUT2D eigenvalue weighted by molar-refractivity contribution is 5.93. The van der Waals surface area contributed by atoms with Gasteiger partial charge in [-0.05, 0) is 31.5 Å². The fraction of sp³-hybridized carbons (Fsp3) is 0.441. The lowest BCUT2D eigenvalue weighted by molar-refractivity contribution is -0.151. The Morgan fingerprint density at radius 3 is 2.51 bits per heavy atom. The van der Waals surface area contributed by atoms with E-state index in [4.69, 9.17) is 14.2 Å². The van der Waals surface area contributed by atoms with Crippen LogP contribution in [0.1, 0.15) is 60.8 Å². The minimum Gasteiger partial charge on any atom is -0.490 e. The predicted octanol–water partition coefficient (Wildman–Crippen LogP) is 5.29. The van der Waals surface area contributed by atoms with Crippen molar-refractivity contribution in [2.24, 2.45) is 11.3 Å². The van der Waals surface area contributed by atoms with Crippen LogP contribution in [-0.2, 0) is 28.6 Å². The smallest absolute Gasteiger partial charge is 0.419 e. The number of carbonyl (C=O) groups is 4. The average Bonchev–Trinajstić information content (AvgIpc) is 3.53. The van der Waals surface area contributed by atoms with Gasteiger partial charge < -0.3 is 24.8 Å². The Balaban J connectivity index is 1.90. The van der Waals surface area contributed by atoms with E-state index in [0.717, 1.165) is 5.57 Å². The SMILES string of the molecule is CC=CCC(CC=CNC(=O)C(NC(=O)C=CC=CC(C)=CC(C)C1CC=C(OC)C(=O)O1)C(C)(C)C)OC(=O)n1ccnc1. The molecule has 11 heteroatoms. The zero-order valence-electron chi connectivity index (χ0n) is 27.2. The number of nitrogens with zero attached hydrogens (tertiary/aromatic N) is 2. The summed E-state index contributed by atoms with van der Waals surface area (Å²) in [7, 11) is 1.44. The largest absolute Gasteiger partial charge is 0.490 e. The number of ether oxygens (including phenoxy) is 3. The number of rotatable bonds is 14. The highest BCUT2D eigenvalue weighted by Crippen LogP contribution is 2.23. The number of hydrogen-bond acceptors (Lipinski definition) is 8. The van der Waals surface area contributed by atoms with Crippen molar-refractivity contribution in [2.45, 2.75) is 79.1 Å². The van der Waals surface area contributed by atoms with Gasteiger partial charge in [-0.15, -0.1) is 0 Å². The molecule has 0 radical (unpaired) electrons. The maximum Gasteiger partial charge on any atom is 0.419 e. The minimum absolute atomic E-state index is 0.0166. The minimum atomic E-state index is -0.811. The van der Waals surface area contributed by atoms with Crippen molar-refractivity contribution in [3.05, 3.63) is 90.9 Å². The molecule has 1 aliphatic rings. The van der Waals surface area contributed by atoms with Gasteiger partial charge in [-0.2, -0.15) is 0 Å². The number of aromatic nitrogens is 2. The van der Waals surface area contributed by atoms with Crippen LogP contribution in [0.3, 0.4) is 0 Å². The molecule has 0 aliphatic carbocycles. The zero-order valence-corrected chi connectivity index (χ0v) is 27.2. The molecule has 1 aliphatic heterocycles. The molecule has 2 N–H and O–H groups in total. The van der Waals surface area contributed by atoms with E-state index >= 15 is 0 Å². The standard InChI is InChI=1S/C34H46N4O7/c1-8-9-14-26(44-33(42)38-21-20-35-23-38)15-12-19-36-31(40)30(34(4,5)6)37-29(39)16-11-10-13-24(2)22-25(3)27-17-18-28(43-7)32(41)45-27/h8-13,16,18-23,25-27,30H,14-15,17H2,1-7H3,(H,36,40)(H,37,39). The Morgan fingerprint density at radius 2 is 1.89 bits per heavy atom. The van der Waals surface area contributed by atoms with Gasteiger partial charge in [0.1, 0.15) is 24.6 Å². The topological polar surface area (TPSA) is 138 Å². The van der Waals surface area contributed by atoms with Crippen molar-refractivity contribution < 1.29 is 33.4 Å². The van der Waals surface area contributed by atoms with Crippen molar-refractivity contribution in [1.82, 2.24) is 20.2 Å². The molecule has 2 rings (SSSR count). The molecule has 1 aromatic rings. The first kappa shape index (κ1) is 36.5. The van der Waals surface area contributed by atoms with Gasteiger partial charge in [0.2, 0.25) is 11.8 Å². The summed E-state index contributed by atoms with van der Waals surface area (Å²) in [6, 6.07) is -0.811. The maximum atomic E-state index is 13.0. The van der Waals surface area contributed by atoms with Gasteiger partial charge in [0.15, 0.2) is 5.76 Å². The molecule has 2 heterocycles. The third kappa shape index (κ3) is 12.8. The monoisotopic (exact) mass is 622 g/mol. The quantitative estimate of drug-likeness (QED) is 0.124. The summed E-state index contributed by atoms with van der Waals surface area (Å²) in [6.07, 6.45) is 21.8. The van der Waals surface area contributed by atoms with Gasteiger partial charge in [0, 0.05) is 43.7 Å². The molecule has 0 aromatic carbocycles. The first-order valence-corrected chi connectivity index (χ1v) is 14.9. The number of cyclic esters (lactones) is 1. The molecule has 0 bridgehead atoms. The summed E-state index contributed by atoms with van der Waals surface area (Å²) >= 11 is 0. The molecule has 11 nitrogen and oxygen atoms in total. The van der Waals surface area contributed by atoms with Crippen LogP contribution in [0.25, 0.3) is 0 Å². The average molecular weight is 623 g/mol. The Bertz CT molecular complexity index is 1330. The maximum absolute atomic E-state index is 13.0. The second-order valence-electron chi connectivity index (χ2n) is 11.7. The van der Waals surface area contributed by atoms with Gasteiger partial charge in [-0.1, -0.05) is 75.8 Å². The normalized spacial score (nSPS) is 18.1. The Kier molecular flexibility index (Phi) is 14.8.